The minimum Gasteiger partial charge on any atom is -0.336 e. The van der Waals surface area contributed by atoms with E-state index in [2.05, 4.69) is 9.97 Å². The van der Waals surface area contributed by atoms with Crippen LogP contribution in [-0.2, 0) is 0 Å². The standard InChI is InChI=1S/C10H5ClF2N2O/c11-6-1-2-7(12)8(9(6)13)10-14-3-5(4-16)15-10/h1-4H,(H,14,15). The van der Waals surface area contributed by atoms with E-state index in [0.29, 0.717) is 6.29 Å². The summed E-state index contributed by atoms with van der Waals surface area (Å²) in [4.78, 5) is 16.6. The molecule has 6 heteroatoms. The van der Waals surface area contributed by atoms with Gasteiger partial charge in [-0.1, -0.05) is 11.6 Å². The van der Waals surface area contributed by atoms with E-state index in [4.69, 9.17) is 11.6 Å². The average molecular weight is 243 g/mol. The predicted octanol–water partition coefficient (Wildman–Crippen LogP) is 2.82. The van der Waals surface area contributed by atoms with Gasteiger partial charge in [-0.25, -0.2) is 13.8 Å². The summed E-state index contributed by atoms with van der Waals surface area (Å²) in [6, 6.07) is 2.14. The molecule has 1 N–H and O–H groups in total. The molecule has 16 heavy (non-hydrogen) atoms. The fraction of sp³-hybridized carbons (Fsp3) is 0. The summed E-state index contributed by atoms with van der Waals surface area (Å²) in [7, 11) is 0. The number of imidazole rings is 1. The Morgan fingerprint density at radius 2 is 2.12 bits per heavy atom. The van der Waals surface area contributed by atoms with Crippen molar-refractivity contribution in [3.05, 3.63) is 40.7 Å². The van der Waals surface area contributed by atoms with Crippen LogP contribution in [0.2, 0.25) is 5.02 Å². The topological polar surface area (TPSA) is 45.8 Å². The lowest BCUT2D eigenvalue weighted by molar-refractivity contribution is 0.111. The third-order valence-corrected chi connectivity index (χ3v) is 2.30. The quantitative estimate of drug-likeness (QED) is 0.650. The van der Waals surface area contributed by atoms with E-state index >= 15 is 0 Å². The van der Waals surface area contributed by atoms with Crippen molar-refractivity contribution in [2.75, 3.05) is 0 Å². The number of halogens is 3. The molecule has 0 bridgehead atoms. The van der Waals surface area contributed by atoms with Crippen LogP contribution in [0.5, 0.6) is 0 Å². The Kier molecular flexibility index (Phi) is 2.70. The zero-order chi connectivity index (χ0) is 11.7. The highest BCUT2D eigenvalue weighted by Crippen LogP contribution is 2.28. The second-order valence-corrected chi connectivity index (χ2v) is 3.43. The molecule has 82 valence electrons. The van der Waals surface area contributed by atoms with Crippen LogP contribution < -0.4 is 0 Å². The predicted molar refractivity (Wildman–Crippen MR) is 54.3 cm³/mol. The maximum Gasteiger partial charge on any atom is 0.167 e. The summed E-state index contributed by atoms with van der Waals surface area (Å²) < 4.78 is 26.9. The molecule has 3 nitrogen and oxygen atoms in total. The zero-order valence-electron chi connectivity index (χ0n) is 7.80. The second-order valence-electron chi connectivity index (χ2n) is 3.02. The molecule has 0 aliphatic carbocycles. The number of hydrogen-bond acceptors (Lipinski definition) is 2. The van der Waals surface area contributed by atoms with Crippen LogP contribution in [0.4, 0.5) is 8.78 Å². The number of aldehydes is 1. The molecule has 0 radical (unpaired) electrons. The van der Waals surface area contributed by atoms with E-state index in [0.717, 1.165) is 12.1 Å². The fourth-order valence-electron chi connectivity index (χ4n) is 1.27. The lowest BCUT2D eigenvalue weighted by Crippen LogP contribution is -1.93. The Balaban J connectivity index is 2.63. The summed E-state index contributed by atoms with van der Waals surface area (Å²) >= 11 is 5.52. The molecule has 0 fully saturated rings. The van der Waals surface area contributed by atoms with Gasteiger partial charge in [-0.15, -0.1) is 0 Å². The maximum absolute atomic E-state index is 13.5. The maximum atomic E-state index is 13.5. The summed E-state index contributed by atoms with van der Waals surface area (Å²) in [6.45, 7) is 0. The number of aromatic amines is 1. The zero-order valence-corrected chi connectivity index (χ0v) is 8.55. The molecule has 2 rings (SSSR count). The van der Waals surface area contributed by atoms with Crippen LogP contribution in [0.1, 0.15) is 10.5 Å². The van der Waals surface area contributed by atoms with E-state index in [1.807, 2.05) is 0 Å². The van der Waals surface area contributed by atoms with Crippen molar-refractivity contribution < 1.29 is 13.6 Å². The highest BCUT2D eigenvalue weighted by molar-refractivity contribution is 6.31. The van der Waals surface area contributed by atoms with Crippen molar-refractivity contribution >= 4 is 17.9 Å². The van der Waals surface area contributed by atoms with Crippen molar-refractivity contribution in [1.82, 2.24) is 9.97 Å². The smallest absolute Gasteiger partial charge is 0.167 e. The van der Waals surface area contributed by atoms with Gasteiger partial charge < -0.3 is 4.98 Å². The molecule has 0 unspecified atom stereocenters. The molecule has 1 heterocycles. The van der Waals surface area contributed by atoms with Crippen molar-refractivity contribution in [3.63, 3.8) is 0 Å². The Labute approximate surface area is 94.1 Å². The van der Waals surface area contributed by atoms with E-state index in [9.17, 15) is 13.6 Å². The minimum absolute atomic E-state index is 0.0698. The summed E-state index contributed by atoms with van der Waals surface area (Å²) in [5.41, 5.74) is -0.241. The van der Waals surface area contributed by atoms with Crippen LogP contribution in [0.15, 0.2) is 18.3 Å². The van der Waals surface area contributed by atoms with Gasteiger partial charge in [-0.2, -0.15) is 0 Å². The normalized spacial score (nSPS) is 10.4. The van der Waals surface area contributed by atoms with Gasteiger partial charge >= 0.3 is 0 Å². The highest BCUT2D eigenvalue weighted by atomic mass is 35.5. The van der Waals surface area contributed by atoms with Crippen LogP contribution >= 0.6 is 11.6 Å². The molecule has 0 saturated heterocycles. The number of hydrogen-bond donors (Lipinski definition) is 1. The van der Waals surface area contributed by atoms with E-state index in [1.54, 1.807) is 0 Å². The number of aromatic nitrogens is 2. The van der Waals surface area contributed by atoms with Gasteiger partial charge in [0.05, 0.1) is 22.5 Å². The lowest BCUT2D eigenvalue weighted by atomic mass is 10.2. The third-order valence-electron chi connectivity index (χ3n) is 2.00. The Morgan fingerprint density at radius 3 is 2.75 bits per heavy atom. The Hall–Kier alpha value is -1.75. The highest BCUT2D eigenvalue weighted by Gasteiger charge is 2.17. The van der Waals surface area contributed by atoms with Gasteiger partial charge in [0.25, 0.3) is 0 Å². The van der Waals surface area contributed by atoms with Gasteiger partial charge in [0.2, 0.25) is 0 Å². The second kappa shape index (κ2) is 4.02. The molecule has 0 saturated carbocycles. The Bertz CT molecular complexity index is 554. The van der Waals surface area contributed by atoms with Gasteiger partial charge in [-0.3, -0.25) is 4.79 Å². The van der Waals surface area contributed by atoms with Crippen molar-refractivity contribution in [1.29, 1.82) is 0 Å². The number of nitrogens with zero attached hydrogens (tertiary/aromatic N) is 1. The molecule has 0 spiro atoms. The molecule has 0 atom stereocenters. The van der Waals surface area contributed by atoms with E-state index < -0.39 is 11.6 Å². The largest absolute Gasteiger partial charge is 0.336 e. The number of carbonyl (C=O) groups is 1. The van der Waals surface area contributed by atoms with Gasteiger partial charge in [0.1, 0.15) is 11.6 Å². The molecule has 0 amide bonds. The Morgan fingerprint density at radius 1 is 1.38 bits per heavy atom. The fourth-order valence-corrected chi connectivity index (χ4v) is 1.42. The average Bonchev–Trinajstić information content (AvgIpc) is 2.73. The molecule has 0 aliphatic rings. The lowest BCUT2D eigenvalue weighted by Gasteiger charge is -2.02. The summed E-state index contributed by atoms with van der Waals surface area (Å²) in [5.74, 6) is -1.78. The molecule has 0 aliphatic heterocycles. The van der Waals surface area contributed by atoms with Crippen molar-refractivity contribution in [3.8, 4) is 11.4 Å². The van der Waals surface area contributed by atoms with Gasteiger partial charge in [0, 0.05) is 0 Å². The SMILES string of the molecule is O=Cc1cnc(-c2c(F)ccc(Cl)c2F)[nH]1. The van der Waals surface area contributed by atoms with Gasteiger partial charge in [-0.05, 0) is 12.1 Å². The first-order valence-electron chi connectivity index (χ1n) is 4.27. The molecule has 2 aromatic rings. The number of rotatable bonds is 2. The number of H-pyrrole nitrogens is 1. The first kappa shape index (κ1) is 10.8. The van der Waals surface area contributed by atoms with Crippen LogP contribution in [0.3, 0.4) is 0 Å². The number of benzene rings is 1. The first-order valence-corrected chi connectivity index (χ1v) is 4.65. The van der Waals surface area contributed by atoms with Gasteiger partial charge in [0.15, 0.2) is 12.1 Å². The third kappa shape index (κ3) is 1.69. The molecule has 1 aromatic heterocycles. The van der Waals surface area contributed by atoms with Crippen LogP contribution in [0, 0.1) is 11.6 Å². The molecular weight excluding hydrogens is 238 g/mol. The minimum atomic E-state index is -0.909. The molecule has 1 aromatic carbocycles. The summed E-state index contributed by atoms with van der Waals surface area (Å²) in [5, 5.41) is -0.208. The summed E-state index contributed by atoms with van der Waals surface area (Å²) in [6.07, 6.45) is 1.68. The van der Waals surface area contributed by atoms with Crippen LogP contribution in [-0.4, -0.2) is 16.3 Å². The number of carbonyl (C=O) groups excluding carboxylic acids is 1. The van der Waals surface area contributed by atoms with Crippen LogP contribution in [0.25, 0.3) is 11.4 Å². The van der Waals surface area contributed by atoms with E-state index in [-0.39, 0.29) is 22.1 Å². The first-order chi connectivity index (χ1) is 7.63. The molecular formula is C10H5ClF2N2O. The van der Waals surface area contributed by atoms with Crippen molar-refractivity contribution in [2.24, 2.45) is 0 Å². The monoisotopic (exact) mass is 242 g/mol. The van der Waals surface area contributed by atoms with E-state index in [1.165, 1.54) is 6.20 Å². The number of nitrogens with one attached hydrogen (secondary N) is 1. The van der Waals surface area contributed by atoms with Crippen molar-refractivity contribution in [2.45, 2.75) is 0 Å².